The van der Waals surface area contributed by atoms with Crippen LogP contribution >= 0.6 is 0 Å². The monoisotopic (exact) mass is 938 g/mol. The summed E-state index contributed by atoms with van der Waals surface area (Å²) in [7, 11) is 2.61. The van der Waals surface area contributed by atoms with Crippen molar-refractivity contribution in [2.45, 2.75) is 49.7 Å². The fraction of sp³-hybridized carbons (Fsp3) is 0.320. The molecule has 6 rings (SSSR count). The quantitative estimate of drug-likeness (QED) is 0.0312. The molecule has 2 N–H and O–H groups in total. The molecule has 0 saturated carbocycles. The van der Waals surface area contributed by atoms with E-state index >= 15 is 0 Å². The highest BCUT2D eigenvalue weighted by molar-refractivity contribution is 5.95. The van der Waals surface area contributed by atoms with Crippen LogP contribution in [0.2, 0.25) is 0 Å². The van der Waals surface area contributed by atoms with Crippen LogP contribution in [0.25, 0.3) is 0 Å². The zero-order chi connectivity index (χ0) is 48.7. The minimum absolute atomic E-state index is 0.0423. The first kappa shape index (κ1) is 49.7. The zero-order valence-corrected chi connectivity index (χ0v) is 37.3. The van der Waals surface area contributed by atoms with Gasteiger partial charge < -0.3 is 57.6 Å². The fourth-order valence-corrected chi connectivity index (χ4v) is 7.79. The Labute approximate surface area is 390 Å². The molecule has 68 heavy (non-hydrogen) atoms. The maximum Gasteiger partial charge on any atom is 0.343 e. The number of hydrogen-bond donors (Lipinski definition) is 2. The van der Waals surface area contributed by atoms with Gasteiger partial charge in [-0.05, 0) is 98.5 Å². The van der Waals surface area contributed by atoms with E-state index in [0.717, 1.165) is 12.2 Å². The van der Waals surface area contributed by atoms with Crippen molar-refractivity contribution in [3.63, 3.8) is 0 Å². The minimum Gasteiger partial charge on any atom is -0.494 e. The standard InChI is InChI=1S/C50H50O18/c1-5-39(51)63-25-9-7-23-61-31-15-11-29(12-16-31)49(57)67-37-21-19-33(47(53)54)41(45(37)59-3)35-27-65-44-36(28-66-43(35)44)42-34(48(55)56)20-22-38(46(42)60-4)68-50(58)30-13-17-32(18-14-30)62-24-8-10-26-64-40(52)6-2/h5-6,11-22,35-36,43-44H,1-2,7-10,23-28H2,3-4H3,(H,53,54)(H,55,56)/t35-,36+,43-,44-/m1/s1. The summed E-state index contributed by atoms with van der Waals surface area (Å²) < 4.78 is 56.9. The third-order valence-corrected chi connectivity index (χ3v) is 11.0. The van der Waals surface area contributed by atoms with Gasteiger partial charge in [-0.3, -0.25) is 0 Å². The summed E-state index contributed by atoms with van der Waals surface area (Å²) >= 11 is 0. The molecule has 0 aliphatic carbocycles. The molecule has 0 aromatic heterocycles. The average molecular weight is 939 g/mol. The molecule has 2 aliphatic heterocycles. The SMILES string of the molecule is C=CC(=O)OCCCCOc1ccc(C(=O)Oc2ccc(C(=O)O)c([C@H]3CO[C@H]4[C@@H]3OC[C@H]4c3c(C(=O)O)ccc(OC(=O)c4ccc(OCCCCOC(=O)C=C)cc4)c3OC)c2OC)cc1. The number of aromatic carboxylic acids is 2. The second-order valence-electron chi connectivity index (χ2n) is 15.2. The maximum absolute atomic E-state index is 13.4. The highest BCUT2D eigenvalue weighted by atomic mass is 16.6. The van der Waals surface area contributed by atoms with Gasteiger partial charge >= 0.3 is 35.8 Å². The molecule has 2 heterocycles. The van der Waals surface area contributed by atoms with Crippen LogP contribution in [0.1, 0.15) is 90.1 Å². The molecule has 2 saturated heterocycles. The first-order valence-electron chi connectivity index (χ1n) is 21.5. The normalized spacial score (nSPS) is 16.9. The summed E-state index contributed by atoms with van der Waals surface area (Å²) in [5.41, 5.74) is 0.281. The fourth-order valence-electron chi connectivity index (χ4n) is 7.79. The molecule has 358 valence electrons. The van der Waals surface area contributed by atoms with Gasteiger partial charge in [-0.1, -0.05) is 13.2 Å². The number of carbonyl (C=O) groups excluding carboxylic acids is 4. The van der Waals surface area contributed by atoms with Gasteiger partial charge in [0.05, 0.1) is 88.3 Å². The molecule has 0 spiro atoms. The molecule has 0 bridgehead atoms. The number of fused-ring (bicyclic) bond motifs is 1. The Bertz CT molecular complexity index is 2320. The van der Waals surface area contributed by atoms with E-state index in [1.54, 1.807) is 24.3 Å². The molecule has 0 unspecified atom stereocenters. The van der Waals surface area contributed by atoms with E-state index in [4.69, 9.17) is 47.4 Å². The molecule has 4 aromatic rings. The van der Waals surface area contributed by atoms with Crippen LogP contribution in [0.5, 0.6) is 34.5 Å². The number of rotatable bonds is 24. The number of benzene rings is 4. The van der Waals surface area contributed by atoms with Crippen LogP contribution in [0.3, 0.4) is 0 Å². The molecule has 2 aliphatic rings. The van der Waals surface area contributed by atoms with Gasteiger partial charge in [0.25, 0.3) is 0 Å². The summed E-state index contributed by atoms with van der Waals surface area (Å²) in [5, 5.41) is 20.7. The van der Waals surface area contributed by atoms with Crippen molar-refractivity contribution in [3.05, 3.63) is 131 Å². The maximum atomic E-state index is 13.4. The summed E-state index contributed by atoms with van der Waals surface area (Å²) in [6, 6.07) is 17.6. The Balaban J connectivity index is 1.15. The Kier molecular flexibility index (Phi) is 17.3. The van der Waals surface area contributed by atoms with Crippen LogP contribution in [0.15, 0.2) is 98.1 Å². The third kappa shape index (κ3) is 12.0. The van der Waals surface area contributed by atoms with Crippen molar-refractivity contribution < 1.29 is 86.3 Å². The van der Waals surface area contributed by atoms with Crippen LogP contribution in [-0.2, 0) is 28.5 Å². The highest BCUT2D eigenvalue weighted by Gasteiger charge is 2.52. The number of esters is 4. The number of hydrogen-bond acceptors (Lipinski definition) is 16. The Morgan fingerprint density at radius 2 is 0.926 bits per heavy atom. The van der Waals surface area contributed by atoms with E-state index in [1.165, 1.54) is 62.8 Å². The lowest BCUT2D eigenvalue weighted by Crippen LogP contribution is -2.27. The molecular formula is C50H50O18. The lowest BCUT2D eigenvalue weighted by atomic mass is 9.84. The van der Waals surface area contributed by atoms with Gasteiger partial charge in [0, 0.05) is 35.1 Å². The van der Waals surface area contributed by atoms with Crippen LogP contribution in [-0.4, -0.2) is 112 Å². The van der Waals surface area contributed by atoms with Crippen molar-refractivity contribution in [3.8, 4) is 34.5 Å². The van der Waals surface area contributed by atoms with Gasteiger partial charge in [0.2, 0.25) is 0 Å². The molecule has 4 aromatic carbocycles. The van der Waals surface area contributed by atoms with E-state index in [-0.39, 0.29) is 82.8 Å². The summed E-state index contributed by atoms with van der Waals surface area (Å²) in [6.45, 7) is 7.67. The van der Waals surface area contributed by atoms with Gasteiger partial charge in [-0.25, -0.2) is 28.8 Å². The summed E-state index contributed by atoms with van der Waals surface area (Å²) in [5.74, 6) is -5.96. The Morgan fingerprint density at radius 1 is 0.559 bits per heavy atom. The number of ether oxygens (including phenoxy) is 10. The van der Waals surface area contributed by atoms with Gasteiger partial charge in [0.15, 0.2) is 23.0 Å². The molecule has 4 atom stereocenters. The van der Waals surface area contributed by atoms with Gasteiger partial charge in [-0.15, -0.1) is 0 Å². The largest absolute Gasteiger partial charge is 0.494 e. The van der Waals surface area contributed by atoms with Crippen molar-refractivity contribution in [2.24, 2.45) is 0 Å². The topological polar surface area (TPSA) is 235 Å². The number of unbranched alkanes of at least 4 members (excludes halogenated alkanes) is 2. The second kappa shape index (κ2) is 23.7. The van der Waals surface area contributed by atoms with Crippen LogP contribution in [0, 0.1) is 0 Å². The Hall–Kier alpha value is -7.70. The third-order valence-electron chi connectivity index (χ3n) is 11.0. The zero-order valence-electron chi connectivity index (χ0n) is 37.3. The van der Waals surface area contributed by atoms with E-state index in [9.17, 15) is 39.0 Å². The van der Waals surface area contributed by atoms with Gasteiger partial charge in [-0.2, -0.15) is 0 Å². The molecule has 18 heteroatoms. The van der Waals surface area contributed by atoms with Crippen molar-refractivity contribution >= 4 is 35.8 Å². The first-order valence-corrected chi connectivity index (χ1v) is 21.5. The predicted octanol–water partition coefficient (Wildman–Crippen LogP) is 6.98. The van der Waals surface area contributed by atoms with E-state index in [0.29, 0.717) is 50.4 Å². The second-order valence-corrected chi connectivity index (χ2v) is 15.2. The smallest absolute Gasteiger partial charge is 0.343 e. The summed E-state index contributed by atoms with van der Waals surface area (Å²) in [4.78, 5) is 74.6. The van der Waals surface area contributed by atoms with Crippen molar-refractivity contribution in [1.82, 2.24) is 0 Å². The predicted molar refractivity (Wildman–Crippen MR) is 239 cm³/mol. The lowest BCUT2D eigenvalue weighted by Gasteiger charge is -2.23. The highest BCUT2D eigenvalue weighted by Crippen LogP contribution is 2.51. The van der Waals surface area contributed by atoms with E-state index < -0.39 is 59.9 Å². The number of carboxylic acid groups (broad SMARTS) is 2. The molecule has 0 amide bonds. The number of carbonyl (C=O) groups is 6. The number of carboxylic acids is 2. The lowest BCUT2D eigenvalue weighted by molar-refractivity contribution is -0.138. The van der Waals surface area contributed by atoms with Crippen molar-refractivity contribution in [1.29, 1.82) is 0 Å². The van der Waals surface area contributed by atoms with Crippen molar-refractivity contribution in [2.75, 3.05) is 53.9 Å². The Morgan fingerprint density at radius 3 is 1.26 bits per heavy atom. The van der Waals surface area contributed by atoms with Crippen LogP contribution in [0.4, 0.5) is 0 Å². The molecule has 18 nitrogen and oxygen atoms in total. The number of methoxy groups -OCH3 is 2. The molecule has 2 fully saturated rings. The molecule has 0 radical (unpaired) electrons. The summed E-state index contributed by atoms with van der Waals surface area (Å²) in [6.07, 6.45) is 2.88. The average Bonchev–Trinajstić information content (AvgIpc) is 3.96. The molecular weight excluding hydrogens is 889 g/mol. The van der Waals surface area contributed by atoms with E-state index in [2.05, 4.69) is 13.2 Å². The van der Waals surface area contributed by atoms with E-state index in [1.807, 2.05) is 0 Å². The minimum atomic E-state index is -1.30. The van der Waals surface area contributed by atoms with Crippen LogP contribution < -0.4 is 28.4 Å². The first-order chi connectivity index (χ1) is 32.9. The van der Waals surface area contributed by atoms with Gasteiger partial charge in [0.1, 0.15) is 11.5 Å².